The summed E-state index contributed by atoms with van der Waals surface area (Å²) in [6.07, 6.45) is -4.92. The van der Waals surface area contributed by atoms with E-state index in [4.69, 9.17) is 0 Å². The number of halogens is 5. The van der Waals surface area contributed by atoms with Gasteiger partial charge in [-0.2, -0.15) is 13.2 Å². The number of anilines is 1. The van der Waals surface area contributed by atoms with Gasteiger partial charge in [-0.15, -0.1) is 0 Å². The molecule has 1 heterocycles. The number of rotatable bonds is 2. The molecule has 0 aromatic heterocycles. The van der Waals surface area contributed by atoms with Gasteiger partial charge in [0.2, 0.25) is 0 Å². The molecule has 1 atom stereocenters. The molecule has 2 rings (SSSR count). The van der Waals surface area contributed by atoms with Gasteiger partial charge in [-0.1, -0.05) is 19.9 Å². The van der Waals surface area contributed by atoms with Crippen LogP contribution in [0.3, 0.4) is 0 Å². The quantitative estimate of drug-likeness (QED) is 0.643. The minimum Gasteiger partial charge on any atom is -0.423 e. The maximum Gasteiger partial charge on any atom is 0.436 e. The maximum atomic E-state index is 14.0. The molecule has 0 spiro atoms. The van der Waals surface area contributed by atoms with Crippen molar-refractivity contribution in [2.45, 2.75) is 25.6 Å². The van der Waals surface area contributed by atoms with Crippen molar-refractivity contribution >= 4 is 11.8 Å². The predicted molar refractivity (Wildman–Crippen MR) is 68.2 cm³/mol. The third kappa shape index (κ3) is 2.53. The Hall–Kier alpha value is -2.12. The first-order valence-electron chi connectivity index (χ1n) is 6.33. The SMILES string of the molecule is CC(C)/C=C/C1(C(F)(F)F)OC(=O)Nc2ccc(F)c(F)c21. The highest BCUT2D eigenvalue weighted by Crippen LogP contribution is 2.49. The summed E-state index contributed by atoms with van der Waals surface area (Å²) >= 11 is 0. The van der Waals surface area contributed by atoms with E-state index in [0.717, 1.165) is 12.1 Å². The highest BCUT2D eigenvalue weighted by atomic mass is 19.4. The number of hydrogen-bond acceptors (Lipinski definition) is 2. The maximum absolute atomic E-state index is 14.0. The van der Waals surface area contributed by atoms with Crippen molar-refractivity contribution in [3.05, 3.63) is 41.5 Å². The summed E-state index contributed by atoms with van der Waals surface area (Å²) in [6.45, 7) is 3.18. The van der Waals surface area contributed by atoms with Gasteiger partial charge in [-0.3, -0.25) is 5.32 Å². The average Bonchev–Trinajstić information content (AvgIpc) is 2.38. The standard InChI is InChI=1S/C14H12F5NO2/c1-7(2)5-6-13(14(17,18)19)10-9(20-12(21)22-13)4-3-8(15)11(10)16/h3-7H,1-2H3,(H,20,21)/b6-5+. The number of amides is 1. The summed E-state index contributed by atoms with van der Waals surface area (Å²) in [5, 5.41) is 1.94. The van der Waals surface area contributed by atoms with Crippen molar-refractivity contribution in [2.24, 2.45) is 5.92 Å². The number of hydrogen-bond donors (Lipinski definition) is 1. The number of carbonyl (C=O) groups is 1. The third-order valence-electron chi connectivity index (χ3n) is 3.09. The number of ether oxygens (including phenoxy) is 1. The number of allylic oxidation sites excluding steroid dienone is 1. The van der Waals surface area contributed by atoms with Crippen LogP contribution < -0.4 is 5.32 Å². The largest absolute Gasteiger partial charge is 0.436 e. The van der Waals surface area contributed by atoms with Crippen LogP contribution in [0.5, 0.6) is 0 Å². The van der Waals surface area contributed by atoms with Crippen LogP contribution in [0.4, 0.5) is 32.4 Å². The predicted octanol–water partition coefficient (Wildman–Crippen LogP) is 4.50. The summed E-state index contributed by atoms with van der Waals surface area (Å²) in [5.41, 5.74) is -4.96. The van der Waals surface area contributed by atoms with Crippen molar-refractivity contribution in [1.29, 1.82) is 0 Å². The van der Waals surface area contributed by atoms with Gasteiger partial charge in [-0.05, 0) is 24.1 Å². The van der Waals surface area contributed by atoms with Gasteiger partial charge in [0.25, 0.3) is 5.60 Å². The topological polar surface area (TPSA) is 38.3 Å². The Bertz CT molecular complexity index is 639. The van der Waals surface area contributed by atoms with Gasteiger partial charge < -0.3 is 4.74 Å². The molecule has 1 unspecified atom stereocenters. The smallest absolute Gasteiger partial charge is 0.423 e. The molecule has 0 fully saturated rings. The molecule has 1 amide bonds. The third-order valence-corrected chi connectivity index (χ3v) is 3.09. The summed E-state index contributed by atoms with van der Waals surface area (Å²) in [4.78, 5) is 11.4. The van der Waals surface area contributed by atoms with Crippen LogP contribution >= 0.6 is 0 Å². The number of benzene rings is 1. The fraction of sp³-hybridized carbons (Fsp3) is 0.357. The van der Waals surface area contributed by atoms with Crippen molar-refractivity contribution in [1.82, 2.24) is 0 Å². The summed E-state index contributed by atoms with van der Waals surface area (Å²) < 4.78 is 72.5. The number of nitrogens with one attached hydrogen (secondary N) is 1. The van der Waals surface area contributed by atoms with Crippen LogP contribution in [0.1, 0.15) is 19.4 Å². The van der Waals surface area contributed by atoms with E-state index in [1.807, 2.05) is 5.32 Å². The van der Waals surface area contributed by atoms with Gasteiger partial charge in [0.1, 0.15) is 0 Å². The van der Waals surface area contributed by atoms with Crippen LogP contribution in [0.25, 0.3) is 0 Å². The monoisotopic (exact) mass is 321 g/mol. The first kappa shape index (κ1) is 16.3. The Morgan fingerprint density at radius 3 is 2.45 bits per heavy atom. The van der Waals surface area contributed by atoms with Crippen molar-refractivity contribution in [3.8, 4) is 0 Å². The molecule has 1 aromatic carbocycles. The van der Waals surface area contributed by atoms with E-state index in [1.54, 1.807) is 13.8 Å². The normalized spacial score (nSPS) is 21.7. The van der Waals surface area contributed by atoms with Crippen LogP contribution in [-0.4, -0.2) is 12.3 Å². The Kier molecular flexibility index (Phi) is 3.88. The highest BCUT2D eigenvalue weighted by molar-refractivity contribution is 5.89. The Labute approximate surface area is 122 Å². The van der Waals surface area contributed by atoms with Crippen molar-refractivity contribution in [3.63, 3.8) is 0 Å². The molecule has 0 bridgehead atoms. The molecule has 1 aliphatic rings. The molecule has 0 aliphatic carbocycles. The Morgan fingerprint density at radius 2 is 1.91 bits per heavy atom. The zero-order chi connectivity index (χ0) is 16.7. The molecular weight excluding hydrogens is 309 g/mol. The molecule has 120 valence electrons. The zero-order valence-electron chi connectivity index (χ0n) is 11.6. The van der Waals surface area contributed by atoms with Crippen molar-refractivity contribution in [2.75, 3.05) is 5.32 Å². The minimum absolute atomic E-state index is 0.326. The van der Waals surface area contributed by atoms with E-state index >= 15 is 0 Å². The number of fused-ring (bicyclic) bond motifs is 1. The van der Waals surface area contributed by atoms with Gasteiger partial charge in [0, 0.05) is 0 Å². The molecule has 22 heavy (non-hydrogen) atoms. The number of cyclic esters (lactones) is 1. The summed E-state index contributed by atoms with van der Waals surface area (Å²) in [6, 6.07) is 1.49. The molecule has 0 radical (unpaired) electrons. The first-order valence-corrected chi connectivity index (χ1v) is 6.33. The average molecular weight is 321 g/mol. The first-order chi connectivity index (χ1) is 10.1. The van der Waals surface area contributed by atoms with Crippen LogP contribution in [-0.2, 0) is 10.3 Å². The van der Waals surface area contributed by atoms with E-state index in [0.29, 0.717) is 12.1 Å². The zero-order valence-corrected chi connectivity index (χ0v) is 11.6. The second kappa shape index (κ2) is 5.26. The van der Waals surface area contributed by atoms with E-state index in [2.05, 4.69) is 4.74 Å². The van der Waals surface area contributed by atoms with E-state index < -0.39 is 40.8 Å². The molecule has 0 saturated heterocycles. The summed E-state index contributed by atoms with van der Waals surface area (Å²) in [7, 11) is 0. The Morgan fingerprint density at radius 1 is 1.27 bits per heavy atom. The second-order valence-electron chi connectivity index (χ2n) is 5.13. The van der Waals surface area contributed by atoms with Crippen LogP contribution in [0.15, 0.2) is 24.3 Å². The lowest BCUT2D eigenvalue weighted by molar-refractivity contribution is -0.244. The molecule has 1 N–H and O–H groups in total. The molecule has 0 saturated carbocycles. The second-order valence-corrected chi connectivity index (χ2v) is 5.13. The number of carbonyl (C=O) groups excluding carboxylic acids is 1. The lowest BCUT2D eigenvalue weighted by atomic mass is 9.88. The van der Waals surface area contributed by atoms with Gasteiger partial charge in [0.15, 0.2) is 11.6 Å². The fourth-order valence-electron chi connectivity index (χ4n) is 2.09. The molecule has 1 aromatic rings. The van der Waals surface area contributed by atoms with Gasteiger partial charge in [0.05, 0.1) is 11.3 Å². The van der Waals surface area contributed by atoms with Crippen LogP contribution in [0.2, 0.25) is 0 Å². The summed E-state index contributed by atoms with van der Waals surface area (Å²) in [5.74, 6) is -3.51. The highest BCUT2D eigenvalue weighted by Gasteiger charge is 2.62. The molecular formula is C14H12F5NO2. The van der Waals surface area contributed by atoms with Gasteiger partial charge in [-0.25, -0.2) is 13.6 Å². The molecule has 3 nitrogen and oxygen atoms in total. The number of alkyl halides is 3. The van der Waals surface area contributed by atoms with E-state index in [9.17, 15) is 26.7 Å². The van der Waals surface area contributed by atoms with E-state index in [-0.39, 0.29) is 5.92 Å². The lowest BCUT2D eigenvalue weighted by Gasteiger charge is -2.37. The lowest BCUT2D eigenvalue weighted by Crippen LogP contribution is -2.49. The molecule has 1 aliphatic heterocycles. The minimum atomic E-state index is -5.17. The van der Waals surface area contributed by atoms with E-state index in [1.165, 1.54) is 0 Å². The fourth-order valence-corrected chi connectivity index (χ4v) is 2.09. The molecule has 8 heteroatoms. The Balaban J connectivity index is 2.80. The van der Waals surface area contributed by atoms with Crippen LogP contribution in [0, 0.1) is 17.6 Å². The van der Waals surface area contributed by atoms with Gasteiger partial charge >= 0.3 is 12.3 Å². The van der Waals surface area contributed by atoms with Crippen molar-refractivity contribution < 1.29 is 31.5 Å².